The molecule has 0 spiro atoms. The van der Waals surface area contributed by atoms with Gasteiger partial charge in [-0.25, -0.2) is 0 Å². The van der Waals surface area contributed by atoms with E-state index in [9.17, 15) is 35.9 Å². The summed E-state index contributed by atoms with van der Waals surface area (Å²) < 4.78 is 76.6. The molecular weight excluding hydrogens is 380 g/mol. The highest BCUT2D eigenvalue weighted by Gasteiger charge is 2.53. The Bertz CT molecular complexity index is 698. The highest BCUT2D eigenvalue weighted by Crippen LogP contribution is 2.38. The number of rotatable bonds is 4. The standard InChI is InChI=1S/C17H17F6NO3/c1-9(6-10-2-4-11(5-3-10)16(18,19)20)14(25)24-7-12(15(26)27)13(8-24)17(21,22)23/h2-5,9,12-13H,6-8H2,1H3,(H,26,27)/t9?,12-,13-/m1/s1. The molecule has 0 aromatic heterocycles. The summed E-state index contributed by atoms with van der Waals surface area (Å²) in [5.74, 6) is -6.96. The SMILES string of the molecule is CC(Cc1ccc(C(F)(F)F)cc1)C(=O)N1C[C@@H](C(F)(F)F)[C@H](C(=O)O)C1. The number of benzene rings is 1. The Balaban J connectivity index is 2.06. The van der Waals surface area contributed by atoms with Gasteiger partial charge in [-0.1, -0.05) is 19.1 Å². The van der Waals surface area contributed by atoms with E-state index in [1.165, 1.54) is 19.1 Å². The van der Waals surface area contributed by atoms with Crippen molar-refractivity contribution in [2.24, 2.45) is 17.8 Å². The van der Waals surface area contributed by atoms with E-state index in [1.54, 1.807) is 0 Å². The van der Waals surface area contributed by atoms with Crippen LogP contribution in [0.25, 0.3) is 0 Å². The van der Waals surface area contributed by atoms with E-state index in [4.69, 9.17) is 5.11 Å². The molecule has 1 saturated heterocycles. The number of halogens is 6. The van der Waals surface area contributed by atoms with Crippen LogP contribution >= 0.6 is 0 Å². The van der Waals surface area contributed by atoms with Gasteiger partial charge in [0.05, 0.1) is 17.4 Å². The minimum Gasteiger partial charge on any atom is -0.481 e. The molecule has 1 amide bonds. The molecule has 0 aliphatic carbocycles. The number of likely N-dealkylation sites (tertiary alicyclic amines) is 1. The summed E-state index contributed by atoms with van der Waals surface area (Å²) >= 11 is 0. The van der Waals surface area contributed by atoms with Crippen molar-refractivity contribution in [2.75, 3.05) is 13.1 Å². The van der Waals surface area contributed by atoms with Crippen LogP contribution in [0.2, 0.25) is 0 Å². The molecule has 27 heavy (non-hydrogen) atoms. The van der Waals surface area contributed by atoms with E-state index in [0.29, 0.717) is 5.56 Å². The second-order valence-electron chi connectivity index (χ2n) is 6.64. The molecule has 3 atom stereocenters. The zero-order chi connectivity index (χ0) is 20.6. The third kappa shape index (κ3) is 4.92. The molecule has 150 valence electrons. The Morgan fingerprint density at radius 1 is 1.11 bits per heavy atom. The topological polar surface area (TPSA) is 57.6 Å². The molecular formula is C17H17F6NO3. The van der Waals surface area contributed by atoms with E-state index in [1.807, 2.05) is 0 Å². The van der Waals surface area contributed by atoms with E-state index in [-0.39, 0.29) is 6.42 Å². The fraction of sp³-hybridized carbons (Fsp3) is 0.529. The first-order valence-corrected chi connectivity index (χ1v) is 8.05. The van der Waals surface area contributed by atoms with Crippen molar-refractivity contribution in [3.8, 4) is 0 Å². The smallest absolute Gasteiger partial charge is 0.416 e. The van der Waals surface area contributed by atoms with Gasteiger partial charge in [-0.2, -0.15) is 26.3 Å². The van der Waals surface area contributed by atoms with Crippen molar-refractivity contribution >= 4 is 11.9 Å². The van der Waals surface area contributed by atoms with Gasteiger partial charge >= 0.3 is 18.3 Å². The van der Waals surface area contributed by atoms with E-state index < -0.39 is 60.6 Å². The van der Waals surface area contributed by atoms with Crippen LogP contribution < -0.4 is 0 Å². The van der Waals surface area contributed by atoms with Crippen LogP contribution in [0.5, 0.6) is 0 Å². The monoisotopic (exact) mass is 397 g/mol. The third-order valence-electron chi connectivity index (χ3n) is 4.61. The lowest BCUT2D eigenvalue weighted by molar-refractivity contribution is -0.188. The number of aliphatic carboxylic acids is 1. The lowest BCUT2D eigenvalue weighted by Gasteiger charge is -2.21. The Morgan fingerprint density at radius 2 is 1.67 bits per heavy atom. The Kier molecular flexibility index (Phi) is 5.77. The number of carboxylic acid groups (broad SMARTS) is 1. The van der Waals surface area contributed by atoms with Gasteiger partial charge in [0.25, 0.3) is 0 Å². The summed E-state index contributed by atoms with van der Waals surface area (Å²) in [4.78, 5) is 24.3. The molecule has 1 aromatic carbocycles. The summed E-state index contributed by atoms with van der Waals surface area (Å²) in [6.45, 7) is 0.156. The van der Waals surface area contributed by atoms with Crippen molar-refractivity contribution in [1.29, 1.82) is 0 Å². The number of alkyl halides is 6. The minimum atomic E-state index is -4.74. The van der Waals surface area contributed by atoms with Crippen LogP contribution in [-0.4, -0.2) is 41.1 Å². The lowest BCUT2D eigenvalue weighted by atomic mass is 9.96. The van der Waals surface area contributed by atoms with Gasteiger partial charge in [0.2, 0.25) is 5.91 Å². The van der Waals surface area contributed by atoms with Gasteiger partial charge in [-0.15, -0.1) is 0 Å². The van der Waals surface area contributed by atoms with Gasteiger partial charge in [0.1, 0.15) is 0 Å². The first kappa shape index (κ1) is 21.0. The highest BCUT2D eigenvalue weighted by atomic mass is 19.4. The fourth-order valence-corrected chi connectivity index (χ4v) is 3.15. The summed E-state index contributed by atoms with van der Waals surface area (Å²) in [6.07, 6.45) is -9.20. The maximum absolute atomic E-state index is 13.0. The maximum Gasteiger partial charge on any atom is 0.416 e. The third-order valence-corrected chi connectivity index (χ3v) is 4.61. The van der Waals surface area contributed by atoms with Crippen molar-refractivity contribution in [3.05, 3.63) is 35.4 Å². The second kappa shape index (κ2) is 7.40. The molecule has 1 aliphatic heterocycles. The number of carboxylic acids is 1. The molecule has 0 radical (unpaired) electrons. The van der Waals surface area contributed by atoms with Crippen LogP contribution in [0, 0.1) is 17.8 Å². The zero-order valence-corrected chi connectivity index (χ0v) is 14.1. The summed E-state index contributed by atoms with van der Waals surface area (Å²) in [6, 6.07) is 4.13. The Hall–Kier alpha value is -2.26. The van der Waals surface area contributed by atoms with E-state index in [0.717, 1.165) is 17.0 Å². The van der Waals surface area contributed by atoms with Crippen LogP contribution in [0.15, 0.2) is 24.3 Å². The molecule has 1 N–H and O–H groups in total. The van der Waals surface area contributed by atoms with Crippen LogP contribution in [-0.2, 0) is 22.2 Å². The van der Waals surface area contributed by atoms with Crippen LogP contribution in [0.3, 0.4) is 0 Å². The molecule has 0 saturated carbocycles. The first-order valence-electron chi connectivity index (χ1n) is 8.05. The summed E-state index contributed by atoms with van der Waals surface area (Å²) in [5, 5.41) is 8.98. The van der Waals surface area contributed by atoms with Gasteiger partial charge in [-0.3, -0.25) is 9.59 Å². The largest absolute Gasteiger partial charge is 0.481 e. The number of carbonyl (C=O) groups is 2. The quantitative estimate of drug-likeness (QED) is 0.790. The Labute approximate surface area is 150 Å². The summed E-state index contributed by atoms with van der Waals surface area (Å²) in [7, 11) is 0. The highest BCUT2D eigenvalue weighted by molar-refractivity contribution is 5.81. The zero-order valence-electron chi connectivity index (χ0n) is 14.1. The Morgan fingerprint density at radius 3 is 2.07 bits per heavy atom. The average Bonchev–Trinajstić information content (AvgIpc) is 2.99. The maximum atomic E-state index is 13.0. The molecule has 10 heteroatoms. The molecule has 1 fully saturated rings. The van der Waals surface area contributed by atoms with Crippen molar-refractivity contribution in [1.82, 2.24) is 4.90 Å². The van der Waals surface area contributed by atoms with E-state index in [2.05, 4.69) is 0 Å². The lowest BCUT2D eigenvalue weighted by Crippen LogP contribution is -2.36. The normalized spacial score (nSPS) is 22.0. The van der Waals surface area contributed by atoms with Gasteiger partial charge in [0, 0.05) is 19.0 Å². The van der Waals surface area contributed by atoms with Crippen LogP contribution in [0.1, 0.15) is 18.1 Å². The predicted octanol–water partition coefficient (Wildman–Crippen LogP) is 3.61. The van der Waals surface area contributed by atoms with Crippen molar-refractivity contribution in [3.63, 3.8) is 0 Å². The molecule has 1 aromatic rings. The molecule has 1 aliphatic rings. The number of carbonyl (C=O) groups excluding carboxylic acids is 1. The average molecular weight is 397 g/mol. The predicted molar refractivity (Wildman–Crippen MR) is 81.6 cm³/mol. The molecule has 1 heterocycles. The van der Waals surface area contributed by atoms with Crippen molar-refractivity contribution < 1.29 is 41.0 Å². The number of amides is 1. The second-order valence-corrected chi connectivity index (χ2v) is 6.64. The fourth-order valence-electron chi connectivity index (χ4n) is 3.15. The molecule has 4 nitrogen and oxygen atoms in total. The minimum absolute atomic E-state index is 0.0297. The van der Waals surface area contributed by atoms with Crippen LogP contribution in [0.4, 0.5) is 26.3 Å². The first-order chi connectivity index (χ1) is 12.3. The van der Waals surface area contributed by atoms with Gasteiger partial charge in [-0.05, 0) is 24.1 Å². The van der Waals surface area contributed by atoms with Crippen molar-refractivity contribution in [2.45, 2.75) is 25.7 Å². The number of nitrogens with zero attached hydrogens (tertiary/aromatic N) is 1. The van der Waals surface area contributed by atoms with Gasteiger partial charge < -0.3 is 10.0 Å². The molecule has 0 bridgehead atoms. The van der Waals surface area contributed by atoms with Gasteiger partial charge in [0.15, 0.2) is 0 Å². The number of hydrogen-bond donors (Lipinski definition) is 1. The molecule has 1 unspecified atom stereocenters. The molecule has 2 rings (SSSR count). The summed E-state index contributed by atoms with van der Waals surface area (Å²) in [5.41, 5.74) is -0.424. The van der Waals surface area contributed by atoms with E-state index >= 15 is 0 Å². The number of hydrogen-bond acceptors (Lipinski definition) is 2.